The molecular weight excluding hydrogens is 316 g/mol. The maximum Gasteiger partial charge on any atom is 0.276 e. The summed E-state index contributed by atoms with van der Waals surface area (Å²) in [7, 11) is 1.58. The molecule has 3 aromatic rings. The molecule has 0 spiro atoms. The predicted molar refractivity (Wildman–Crippen MR) is 97.4 cm³/mol. The molecule has 0 aliphatic heterocycles. The van der Waals surface area contributed by atoms with E-state index in [0.717, 1.165) is 11.3 Å². The third-order valence-electron chi connectivity index (χ3n) is 3.63. The lowest BCUT2D eigenvalue weighted by molar-refractivity contribution is 0.102. The van der Waals surface area contributed by atoms with Crippen LogP contribution in [0.15, 0.2) is 60.7 Å². The van der Waals surface area contributed by atoms with Crippen LogP contribution in [0.3, 0.4) is 0 Å². The van der Waals surface area contributed by atoms with Gasteiger partial charge >= 0.3 is 0 Å². The van der Waals surface area contributed by atoms with Gasteiger partial charge in [-0.25, -0.2) is 0 Å². The number of methoxy groups -OCH3 is 1. The molecule has 6 heteroatoms. The molecule has 0 bridgehead atoms. The van der Waals surface area contributed by atoms with Gasteiger partial charge in [0.25, 0.3) is 5.91 Å². The van der Waals surface area contributed by atoms with E-state index in [1.165, 1.54) is 0 Å². The highest BCUT2D eigenvalue weighted by Crippen LogP contribution is 2.19. The molecule has 1 amide bonds. The van der Waals surface area contributed by atoms with Crippen LogP contribution in [0.25, 0.3) is 0 Å². The number of para-hydroxylation sites is 1. The number of aryl methyl sites for hydroxylation is 1. The number of ether oxygens (including phenoxy) is 1. The highest BCUT2D eigenvalue weighted by Gasteiger charge is 2.09. The van der Waals surface area contributed by atoms with Gasteiger partial charge in [-0.15, -0.1) is 10.2 Å². The lowest BCUT2D eigenvalue weighted by Gasteiger charge is -2.09. The molecule has 3 rings (SSSR count). The fourth-order valence-corrected chi connectivity index (χ4v) is 2.27. The minimum Gasteiger partial charge on any atom is -0.497 e. The smallest absolute Gasteiger partial charge is 0.276 e. The number of hydrogen-bond donors (Lipinski definition) is 2. The second-order valence-corrected chi connectivity index (χ2v) is 5.43. The fourth-order valence-electron chi connectivity index (χ4n) is 2.27. The zero-order chi connectivity index (χ0) is 17.6. The van der Waals surface area contributed by atoms with E-state index in [2.05, 4.69) is 20.8 Å². The monoisotopic (exact) mass is 334 g/mol. The van der Waals surface area contributed by atoms with Gasteiger partial charge in [-0.05, 0) is 42.8 Å². The Morgan fingerprint density at radius 1 is 1.00 bits per heavy atom. The van der Waals surface area contributed by atoms with Gasteiger partial charge < -0.3 is 15.4 Å². The van der Waals surface area contributed by atoms with E-state index < -0.39 is 0 Å². The van der Waals surface area contributed by atoms with Crippen molar-refractivity contribution in [3.05, 3.63) is 71.9 Å². The Morgan fingerprint density at radius 3 is 2.56 bits per heavy atom. The molecule has 0 radical (unpaired) electrons. The average molecular weight is 334 g/mol. The molecule has 0 saturated heterocycles. The molecule has 0 aliphatic carbocycles. The standard InChI is InChI=1S/C19H18N4O2/c1-13-6-3-4-9-16(13)21-18-11-10-17(22-23-18)19(24)20-14-7-5-8-15(12-14)25-2/h3-12H,1-2H3,(H,20,24)(H,21,23). The number of nitrogens with zero attached hydrogens (tertiary/aromatic N) is 2. The number of rotatable bonds is 5. The Labute approximate surface area is 145 Å². The van der Waals surface area contributed by atoms with Crippen LogP contribution in [0.4, 0.5) is 17.2 Å². The number of aromatic nitrogens is 2. The summed E-state index contributed by atoms with van der Waals surface area (Å²) in [5.74, 6) is 0.914. The Balaban J connectivity index is 1.69. The van der Waals surface area contributed by atoms with Crippen molar-refractivity contribution in [2.75, 3.05) is 17.7 Å². The van der Waals surface area contributed by atoms with Crippen molar-refractivity contribution in [3.8, 4) is 5.75 Å². The van der Waals surface area contributed by atoms with Crippen molar-refractivity contribution in [2.45, 2.75) is 6.92 Å². The van der Waals surface area contributed by atoms with Gasteiger partial charge in [-0.1, -0.05) is 24.3 Å². The summed E-state index contributed by atoms with van der Waals surface area (Å²) < 4.78 is 5.14. The summed E-state index contributed by atoms with van der Waals surface area (Å²) in [5.41, 5.74) is 2.92. The third kappa shape index (κ3) is 4.11. The van der Waals surface area contributed by atoms with Gasteiger partial charge in [0.2, 0.25) is 0 Å². The quantitative estimate of drug-likeness (QED) is 0.742. The second-order valence-electron chi connectivity index (χ2n) is 5.43. The number of carbonyl (C=O) groups is 1. The molecule has 25 heavy (non-hydrogen) atoms. The molecule has 1 aromatic heterocycles. The van der Waals surface area contributed by atoms with Crippen LogP contribution in [0.5, 0.6) is 5.75 Å². The summed E-state index contributed by atoms with van der Waals surface area (Å²) in [6.07, 6.45) is 0. The molecular formula is C19H18N4O2. The van der Waals surface area contributed by atoms with Crippen LogP contribution in [-0.4, -0.2) is 23.2 Å². The van der Waals surface area contributed by atoms with Gasteiger partial charge in [-0.2, -0.15) is 0 Å². The van der Waals surface area contributed by atoms with Gasteiger partial charge in [0.1, 0.15) is 5.75 Å². The number of hydrogen-bond acceptors (Lipinski definition) is 5. The van der Waals surface area contributed by atoms with Crippen molar-refractivity contribution in [1.29, 1.82) is 0 Å². The van der Waals surface area contributed by atoms with Crippen LogP contribution in [-0.2, 0) is 0 Å². The average Bonchev–Trinajstić information content (AvgIpc) is 2.64. The number of anilines is 3. The number of carbonyl (C=O) groups excluding carboxylic acids is 1. The van der Waals surface area contributed by atoms with Gasteiger partial charge in [0, 0.05) is 17.4 Å². The maximum absolute atomic E-state index is 12.3. The minimum absolute atomic E-state index is 0.234. The molecule has 0 aliphatic rings. The molecule has 0 saturated carbocycles. The van der Waals surface area contributed by atoms with E-state index >= 15 is 0 Å². The highest BCUT2D eigenvalue weighted by atomic mass is 16.5. The zero-order valence-electron chi connectivity index (χ0n) is 14.0. The first kappa shape index (κ1) is 16.4. The molecule has 6 nitrogen and oxygen atoms in total. The zero-order valence-corrected chi connectivity index (χ0v) is 14.0. The van der Waals surface area contributed by atoms with E-state index in [0.29, 0.717) is 17.3 Å². The number of amides is 1. The van der Waals surface area contributed by atoms with Crippen LogP contribution in [0, 0.1) is 6.92 Å². The van der Waals surface area contributed by atoms with Crippen LogP contribution < -0.4 is 15.4 Å². The molecule has 2 aromatic carbocycles. The first-order valence-electron chi connectivity index (χ1n) is 7.77. The third-order valence-corrected chi connectivity index (χ3v) is 3.63. The molecule has 2 N–H and O–H groups in total. The van der Waals surface area contributed by atoms with E-state index in [1.54, 1.807) is 37.4 Å². The van der Waals surface area contributed by atoms with Crippen molar-refractivity contribution >= 4 is 23.1 Å². The predicted octanol–water partition coefficient (Wildman–Crippen LogP) is 3.79. The number of nitrogens with one attached hydrogen (secondary N) is 2. The van der Waals surface area contributed by atoms with Crippen LogP contribution in [0.1, 0.15) is 16.1 Å². The first-order chi connectivity index (χ1) is 12.2. The minimum atomic E-state index is -0.330. The molecule has 0 atom stereocenters. The Kier molecular flexibility index (Phi) is 4.89. The topological polar surface area (TPSA) is 76.1 Å². The summed E-state index contributed by atoms with van der Waals surface area (Å²) in [5, 5.41) is 14.0. The molecule has 0 fully saturated rings. The fraction of sp³-hybridized carbons (Fsp3) is 0.105. The largest absolute Gasteiger partial charge is 0.497 e. The lowest BCUT2D eigenvalue weighted by atomic mass is 10.2. The maximum atomic E-state index is 12.3. The van der Waals surface area contributed by atoms with E-state index in [-0.39, 0.29) is 11.6 Å². The molecule has 126 valence electrons. The molecule has 1 heterocycles. The van der Waals surface area contributed by atoms with Crippen LogP contribution in [0.2, 0.25) is 0 Å². The SMILES string of the molecule is COc1cccc(NC(=O)c2ccc(Nc3ccccc3C)nn2)c1. The van der Waals surface area contributed by atoms with E-state index in [9.17, 15) is 4.79 Å². The van der Waals surface area contributed by atoms with Crippen LogP contribution >= 0.6 is 0 Å². The summed E-state index contributed by atoms with van der Waals surface area (Å²) in [6, 6.07) is 18.4. The van der Waals surface area contributed by atoms with Crippen molar-refractivity contribution in [2.24, 2.45) is 0 Å². The van der Waals surface area contributed by atoms with Crippen molar-refractivity contribution in [1.82, 2.24) is 10.2 Å². The second kappa shape index (κ2) is 7.44. The summed E-state index contributed by atoms with van der Waals surface area (Å²) in [4.78, 5) is 12.3. The van der Waals surface area contributed by atoms with Gasteiger partial charge in [0.05, 0.1) is 7.11 Å². The Hall–Kier alpha value is -3.41. The van der Waals surface area contributed by atoms with Gasteiger partial charge in [-0.3, -0.25) is 4.79 Å². The lowest BCUT2D eigenvalue weighted by Crippen LogP contribution is -2.14. The van der Waals surface area contributed by atoms with Crippen molar-refractivity contribution < 1.29 is 9.53 Å². The van der Waals surface area contributed by atoms with E-state index in [1.807, 2.05) is 37.3 Å². The Morgan fingerprint density at radius 2 is 1.84 bits per heavy atom. The van der Waals surface area contributed by atoms with Gasteiger partial charge in [0.15, 0.2) is 11.5 Å². The molecule has 0 unspecified atom stereocenters. The Bertz CT molecular complexity index is 879. The number of benzene rings is 2. The normalized spacial score (nSPS) is 10.2. The summed E-state index contributed by atoms with van der Waals surface area (Å²) >= 11 is 0. The first-order valence-corrected chi connectivity index (χ1v) is 7.77. The summed E-state index contributed by atoms with van der Waals surface area (Å²) in [6.45, 7) is 2.01. The highest BCUT2D eigenvalue weighted by molar-refractivity contribution is 6.02. The van der Waals surface area contributed by atoms with Crippen molar-refractivity contribution in [3.63, 3.8) is 0 Å². The van der Waals surface area contributed by atoms with E-state index in [4.69, 9.17) is 4.74 Å².